The Hall–Kier alpha value is -0.690. The number of hydrogen-bond acceptors (Lipinski definition) is 6. The van der Waals surface area contributed by atoms with Crippen molar-refractivity contribution in [2.75, 3.05) is 26.3 Å². The van der Waals surface area contributed by atoms with E-state index in [9.17, 15) is 4.79 Å². The smallest absolute Gasteiger partial charge is 0.327 e. The summed E-state index contributed by atoms with van der Waals surface area (Å²) in [4.78, 5) is 27.9. The van der Waals surface area contributed by atoms with Gasteiger partial charge in [-0.25, -0.2) is 0 Å². The molecule has 0 rings (SSSR count). The molecule has 0 aromatic rings. The van der Waals surface area contributed by atoms with Crippen molar-refractivity contribution in [3.8, 4) is 0 Å². The molecule has 1 atom stereocenters. The third-order valence-corrected chi connectivity index (χ3v) is 4.35. The zero-order chi connectivity index (χ0) is 19.5. The molecule has 0 heterocycles. The van der Waals surface area contributed by atoms with E-state index >= 15 is 0 Å². The molecule has 6 nitrogen and oxygen atoms in total. The van der Waals surface area contributed by atoms with Crippen molar-refractivity contribution in [1.82, 2.24) is 10.7 Å². The summed E-state index contributed by atoms with van der Waals surface area (Å²) in [5, 5.41) is 1.42. The molecule has 0 saturated heterocycles. The molecular weight excluding hydrogens is 332 g/mol. The lowest BCUT2D eigenvalue weighted by Gasteiger charge is -2.19. The molecule has 0 radical (unpaired) electrons. The highest BCUT2D eigenvalue weighted by molar-refractivity contribution is 5.71. The number of carbonyl (C=O) groups excluding carboxylic acids is 1. The summed E-state index contributed by atoms with van der Waals surface area (Å²) in [6.45, 7) is 10.1. The average Bonchev–Trinajstić information content (AvgIpc) is 2.64. The van der Waals surface area contributed by atoms with Gasteiger partial charge in [0.1, 0.15) is 0 Å². The van der Waals surface area contributed by atoms with Crippen LogP contribution >= 0.6 is 0 Å². The second-order valence-electron chi connectivity index (χ2n) is 6.58. The van der Waals surface area contributed by atoms with Gasteiger partial charge in [-0.05, 0) is 26.7 Å². The van der Waals surface area contributed by atoms with Gasteiger partial charge in [-0.3, -0.25) is 14.5 Å². The zero-order valence-electron chi connectivity index (χ0n) is 17.6. The van der Waals surface area contributed by atoms with Crippen LogP contribution in [0.25, 0.3) is 0 Å². The van der Waals surface area contributed by atoms with E-state index in [0.717, 1.165) is 19.3 Å². The van der Waals surface area contributed by atoms with Gasteiger partial charge in [0.05, 0.1) is 25.7 Å². The maximum Gasteiger partial charge on any atom is 0.327 e. The second kappa shape index (κ2) is 19.1. The first-order chi connectivity index (χ1) is 12.7. The van der Waals surface area contributed by atoms with Crippen molar-refractivity contribution in [3.63, 3.8) is 0 Å². The summed E-state index contributed by atoms with van der Waals surface area (Å²) in [6, 6.07) is 0. The predicted molar refractivity (Wildman–Crippen MR) is 105 cm³/mol. The van der Waals surface area contributed by atoms with Crippen LogP contribution in [-0.2, 0) is 19.3 Å². The highest BCUT2D eigenvalue weighted by Crippen LogP contribution is 2.16. The summed E-state index contributed by atoms with van der Waals surface area (Å²) in [6.07, 6.45) is 12.0. The molecule has 0 fully saturated rings. The summed E-state index contributed by atoms with van der Waals surface area (Å²) < 4.78 is 0. The van der Waals surface area contributed by atoms with E-state index in [-0.39, 0.29) is 11.9 Å². The predicted octanol–water partition coefficient (Wildman–Crippen LogP) is 4.80. The molecule has 0 amide bonds. The standard InChI is InChI=1S/C20H42N2O4/c1-5-9-10-11-12-13-14-15-16-19(6-2)20(23)26-21-17-18-22(24-7-3)25-8-4/h19,21H,5-18H2,1-4H3. The van der Waals surface area contributed by atoms with Crippen LogP contribution in [0.1, 0.15) is 91.9 Å². The second-order valence-corrected chi connectivity index (χ2v) is 6.58. The van der Waals surface area contributed by atoms with Gasteiger partial charge in [-0.1, -0.05) is 70.4 Å². The fourth-order valence-corrected chi connectivity index (χ4v) is 2.81. The monoisotopic (exact) mass is 374 g/mol. The number of carbonyl (C=O) groups is 1. The summed E-state index contributed by atoms with van der Waals surface area (Å²) in [5.41, 5.74) is 2.73. The lowest BCUT2D eigenvalue weighted by atomic mass is 9.98. The summed E-state index contributed by atoms with van der Waals surface area (Å²) in [7, 11) is 0. The first-order valence-electron chi connectivity index (χ1n) is 10.7. The minimum Gasteiger partial charge on any atom is -0.370 e. The zero-order valence-corrected chi connectivity index (χ0v) is 17.6. The fraction of sp³-hybridized carbons (Fsp3) is 0.950. The lowest BCUT2D eigenvalue weighted by molar-refractivity contribution is -0.364. The van der Waals surface area contributed by atoms with Gasteiger partial charge in [-0.15, -0.1) is 0 Å². The van der Waals surface area contributed by atoms with Crippen LogP contribution in [-0.4, -0.2) is 37.5 Å². The quantitative estimate of drug-likeness (QED) is 0.259. The molecule has 0 aliphatic carbocycles. The van der Waals surface area contributed by atoms with Crippen LogP contribution in [0.15, 0.2) is 0 Å². The molecular formula is C20H42N2O4. The largest absolute Gasteiger partial charge is 0.370 e. The Labute approximate surface area is 160 Å². The number of hydroxylamine groups is 3. The molecule has 156 valence electrons. The van der Waals surface area contributed by atoms with Gasteiger partial charge in [0.2, 0.25) is 0 Å². The van der Waals surface area contributed by atoms with Crippen molar-refractivity contribution >= 4 is 5.97 Å². The Bertz CT molecular complexity index is 310. The molecule has 0 saturated carbocycles. The van der Waals surface area contributed by atoms with Crippen LogP contribution < -0.4 is 5.48 Å². The molecule has 0 aliphatic rings. The molecule has 1 unspecified atom stereocenters. The molecule has 1 N–H and O–H groups in total. The minimum atomic E-state index is -0.158. The van der Waals surface area contributed by atoms with E-state index in [1.165, 1.54) is 50.2 Å². The van der Waals surface area contributed by atoms with Gasteiger partial charge in [-0.2, -0.15) is 5.48 Å². The van der Waals surface area contributed by atoms with Crippen molar-refractivity contribution in [1.29, 1.82) is 0 Å². The molecule has 0 spiro atoms. The van der Waals surface area contributed by atoms with E-state index in [1.807, 2.05) is 20.8 Å². The summed E-state index contributed by atoms with van der Waals surface area (Å²) in [5.74, 6) is -0.174. The third kappa shape index (κ3) is 14.5. The Morgan fingerprint density at radius 3 is 2.00 bits per heavy atom. The lowest BCUT2D eigenvalue weighted by Crippen LogP contribution is -2.34. The number of hydrogen-bond donors (Lipinski definition) is 1. The molecule has 0 aromatic heterocycles. The fourth-order valence-electron chi connectivity index (χ4n) is 2.81. The van der Waals surface area contributed by atoms with Gasteiger partial charge < -0.3 is 4.84 Å². The normalized spacial score (nSPS) is 12.5. The van der Waals surface area contributed by atoms with Crippen molar-refractivity contribution in [2.24, 2.45) is 5.92 Å². The van der Waals surface area contributed by atoms with Crippen LogP contribution in [0.5, 0.6) is 0 Å². The van der Waals surface area contributed by atoms with E-state index in [4.69, 9.17) is 14.5 Å². The molecule has 0 bridgehead atoms. The highest BCUT2D eigenvalue weighted by atomic mass is 16.9. The Balaban J connectivity index is 3.75. The Morgan fingerprint density at radius 2 is 1.46 bits per heavy atom. The first-order valence-corrected chi connectivity index (χ1v) is 10.7. The van der Waals surface area contributed by atoms with Gasteiger partial charge >= 0.3 is 5.97 Å². The van der Waals surface area contributed by atoms with Gasteiger partial charge in [0.15, 0.2) is 0 Å². The third-order valence-electron chi connectivity index (χ3n) is 4.35. The Kier molecular flexibility index (Phi) is 18.6. The van der Waals surface area contributed by atoms with Gasteiger partial charge in [0, 0.05) is 6.54 Å². The van der Waals surface area contributed by atoms with Crippen LogP contribution in [0.4, 0.5) is 0 Å². The average molecular weight is 375 g/mol. The van der Waals surface area contributed by atoms with E-state index in [1.54, 1.807) is 0 Å². The number of rotatable bonds is 19. The van der Waals surface area contributed by atoms with E-state index in [2.05, 4.69) is 12.4 Å². The molecule has 0 aliphatic heterocycles. The van der Waals surface area contributed by atoms with Crippen molar-refractivity contribution in [3.05, 3.63) is 0 Å². The molecule has 0 aromatic carbocycles. The number of unbranched alkanes of at least 4 members (excludes halogenated alkanes) is 7. The van der Waals surface area contributed by atoms with Crippen LogP contribution in [0.3, 0.4) is 0 Å². The minimum absolute atomic E-state index is 0.0162. The van der Waals surface area contributed by atoms with Gasteiger partial charge in [0.25, 0.3) is 0 Å². The van der Waals surface area contributed by atoms with Crippen LogP contribution in [0.2, 0.25) is 0 Å². The van der Waals surface area contributed by atoms with E-state index < -0.39 is 0 Å². The van der Waals surface area contributed by atoms with E-state index in [0.29, 0.717) is 26.3 Å². The maximum atomic E-state index is 12.1. The molecule has 26 heavy (non-hydrogen) atoms. The number of nitrogens with one attached hydrogen (secondary N) is 1. The summed E-state index contributed by atoms with van der Waals surface area (Å²) >= 11 is 0. The maximum absolute atomic E-state index is 12.1. The topological polar surface area (TPSA) is 60.0 Å². The first kappa shape index (κ1) is 25.3. The molecule has 6 heteroatoms. The Morgan fingerprint density at radius 1 is 0.885 bits per heavy atom. The van der Waals surface area contributed by atoms with Crippen LogP contribution in [0, 0.1) is 5.92 Å². The SMILES string of the molecule is CCCCCCCCCCC(CC)C(=O)ONCCN(OCC)OCC. The van der Waals surface area contributed by atoms with Crippen molar-refractivity contribution < 1.29 is 19.3 Å². The number of nitrogens with zero attached hydrogens (tertiary/aromatic N) is 1. The highest BCUT2D eigenvalue weighted by Gasteiger charge is 2.18. The van der Waals surface area contributed by atoms with Crippen molar-refractivity contribution in [2.45, 2.75) is 91.9 Å².